The van der Waals surface area contributed by atoms with E-state index in [1.807, 2.05) is 6.20 Å². The zero-order valence-electron chi connectivity index (χ0n) is 10.8. The van der Waals surface area contributed by atoms with Gasteiger partial charge in [-0.05, 0) is 26.3 Å². The van der Waals surface area contributed by atoms with Gasteiger partial charge in [-0.25, -0.2) is 10.8 Å². The third kappa shape index (κ3) is 2.38. The highest BCUT2D eigenvalue weighted by molar-refractivity contribution is 7.15. The molecule has 1 aromatic heterocycles. The zero-order chi connectivity index (χ0) is 12.5. The van der Waals surface area contributed by atoms with Gasteiger partial charge in [0.1, 0.15) is 0 Å². The lowest BCUT2D eigenvalue weighted by Crippen LogP contribution is -2.54. The van der Waals surface area contributed by atoms with Crippen LogP contribution >= 0.6 is 11.3 Å². The van der Waals surface area contributed by atoms with E-state index in [1.54, 1.807) is 11.3 Å². The molecule has 2 aliphatic rings. The molecule has 6 heteroatoms. The second-order valence-electron chi connectivity index (χ2n) is 5.35. The number of piperazine rings is 1. The first-order valence-corrected chi connectivity index (χ1v) is 7.47. The highest BCUT2D eigenvalue weighted by Gasteiger charge is 2.34. The average molecular weight is 267 g/mol. The van der Waals surface area contributed by atoms with E-state index in [0.717, 1.165) is 17.7 Å². The molecule has 0 spiro atoms. The molecule has 18 heavy (non-hydrogen) atoms. The molecule has 5 nitrogen and oxygen atoms in total. The van der Waals surface area contributed by atoms with E-state index in [9.17, 15) is 0 Å². The van der Waals surface area contributed by atoms with Gasteiger partial charge in [-0.15, -0.1) is 0 Å². The third-order valence-corrected chi connectivity index (χ3v) is 5.02. The molecule has 2 saturated heterocycles. The van der Waals surface area contributed by atoms with Gasteiger partial charge in [0, 0.05) is 42.8 Å². The van der Waals surface area contributed by atoms with Crippen molar-refractivity contribution in [1.82, 2.24) is 14.8 Å². The summed E-state index contributed by atoms with van der Waals surface area (Å²) >= 11 is 1.65. The second-order valence-corrected chi connectivity index (χ2v) is 6.46. The maximum atomic E-state index is 5.37. The summed E-state index contributed by atoms with van der Waals surface area (Å²) in [6.45, 7) is 7.04. The maximum Gasteiger partial charge on any atom is 0.197 e. The van der Waals surface area contributed by atoms with Crippen molar-refractivity contribution in [2.75, 3.05) is 25.1 Å². The Kier molecular flexibility index (Phi) is 3.52. The lowest BCUT2D eigenvalue weighted by molar-refractivity contribution is 0.0547. The Hall–Kier alpha value is -0.690. The first-order valence-electron chi connectivity index (χ1n) is 6.65. The van der Waals surface area contributed by atoms with Gasteiger partial charge in [0.05, 0.1) is 0 Å². The first-order chi connectivity index (χ1) is 8.76. The fourth-order valence-corrected chi connectivity index (χ4v) is 3.86. The zero-order valence-corrected chi connectivity index (χ0v) is 11.6. The number of fused-ring (bicyclic) bond motifs is 1. The Balaban J connectivity index is 1.64. The van der Waals surface area contributed by atoms with Crippen molar-refractivity contribution < 1.29 is 0 Å². The van der Waals surface area contributed by atoms with Crippen molar-refractivity contribution in [3.63, 3.8) is 0 Å². The summed E-state index contributed by atoms with van der Waals surface area (Å²) < 4.78 is 0. The lowest BCUT2D eigenvalue weighted by atomic mass is 10.1. The van der Waals surface area contributed by atoms with Gasteiger partial charge in [-0.3, -0.25) is 15.2 Å². The van der Waals surface area contributed by atoms with Gasteiger partial charge in [-0.1, -0.05) is 11.3 Å². The van der Waals surface area contributed by atoms with Crippen LogP contribution in [0.2, 0.25) is 0 Å². The predicted octanol–water partition coefficient (Wildman–Crippen LogP) is 1.10. The molecule has 1 aromatic rings. The van der Waals surface area contributed by atoms with Crippen LogP contribution in [0.5, 0.6) is 0 Å². The average Bonchev–Trinajstić information content (AvgIpc) is 2.98. The molecule has 3 rings (SSSR count). The maximum absolute atomic E-state index is 5.37. The SMILES string of the molecule is CC1CN2CCCC2CN1Cc1cnc(NN)s1. The van der Waals surface area contributed by atoms with Crippen LogP contribution in [-0.4, -0.2) is 46.5 Å². The van der Waals surface area contributed by atoms with Crippen LogP contribution in [0, 0.1) is 0 Å². The number of nitrogen functional groups attached to an aromatic ring is 1. The van der Waals surface area contributed by atoms with Crippen molar-refractivity contribution >= 4 is 16.5 Å². The highest BCUT2D eigenvalue weighted by Crippen LogP contribution is 2.27. The minimum atomic E-state index is 0.635. The molecule has 3 N–H and O–H groups in total. The van der Waals surface area contributed by atoms with Gasteiger partial charge < -0.3 is 0 Å². The molecule has 0 aromatic carbocycles. The number of nitrogens with two attached hydrogens (primary N) is 1. The van der Waals surface area contributed by atoms with Gasteiger partial charge in [0.25, 0.3) is 0 Å². The van der Waals surface area contributed by atoms with Crippen molar-refractivity contribution in [2.45, 2.75) is 38.4 Å². The molecule has 2 atom stereocenters. The quantitative estimate of drug-likeness (QED) is 0.634. The van der Waals surface area contributed by atoms with Crippen LogP contribution in [0.25, 0.3) is 0 Å². The number of aromatic nitrogens is 1. The fraction of sp³-hybridized carbons (Fsp3) is 0.750. The van der Waals surface area contributed by atoms with Crippen molar-refractivity contribution in [3.05, 3.63) is 11.1 Å². The molecule has 0 radical (unpaired) electrons. The molecule has 2 fully saturated rings. The van der Waals surface area contributed by atoms with Crippen LogP contribution in [-0.2, 0) is 6.54 Å². The summed E-state index contributed by atoms with van der Waals surface area (Å²) in [6, 6.07) is 1.41. The van der Waals surface area contributed by atoms with E-state index in [4.69, 9.17) is 5.84 Å². The van der Waals surface area contributed by atoms with Crippen molar-refractivity contribution in [3.8, 4) is 0 Å². The topological polar surface area (TPSA) is 57.4 Å². The summed E-state index contributed by atoms with van der Waals surface area (Å²) in [6.07, 6.45) is 4.67. The van der Waals surface area contributed by atoms with E-state index in [0.29, 0.717) is 6.04 Å². The molecule has 0 saturated carbocycles. The number of hydrogen-bond acceptors (Lipinski definition) is 6. The predicted molar refractivity (Wildman–Crippen MR) is 74.4 cm³/mol. The number of thiazole rings is 1. The van der Waals surface area contributed by atoms with Crippen molar-refractivity contribution in [2.24, 2.45) is 5.84 Å². The smallest absolute Gasteiger partial charge is 0.197 e. The lowest BCUT2D eigenvalue weighted by Gasteiger charge is -2.42. The van der Waals surface area contributed by atoms with Crippen LogP contribution in [0.1, 0.15) is 24.6 Å². The summed E-state index contributed by atoms with van der Waals surface area (Å²) in [5, 5.41) is 0.803. The normalized spacial score (nSPS) is 29.4. The van der Waals surface area contributed by atoms with Crippen molar-refractivity contribution in [1.29, 1.82) is 0 Å². The van der Waals surface area contributed by atoms with Crippen LogP contribution in [0.15, 0.2) is 6.20 Å². The molecular formula is C12H21N5S. The summed E-state index contributed by atoms with van der Waals surface area (Å²) in [4.78, 5) is 10.8. The Labute approximate surface area is 112 Å². The van der Waals surface area contributed by atoms with Crippen LogP contribution in [0.4, 0.5) is 5.13 Å². The largest absolute Gasteiger partial charge is 0.300 e. The number of anilines is 1. The molecule has 0 amide bonds. The molecule has 3 heterocycles. The van der Waals surface area contributed by atoms with Gasteiger partial charge in [0.2, 0.25) is 0 Å². The standard InChI is InChI=1S/C12H21N5S/c1-9-6-16-4-2-3-10(16)7-17(9)8-11-5-14-12(15-13)18-11/h5,9-10H,2-4,6-8,13H2,1H3,(H,14,15). The van der Waals surface area contributed by atoms with E-state index in [1.165, 1.54) is 37.4 Å². The molecule has 100 valence electrons. The summed E-state index contributed by atoms with van der Waals surface area (Å²) in [7, 11) is 0. The Morgan fingerprint density at radius 1 is 1.56 bits per heavy atom. The van der Waals surface area contributed by atoms with Gasteiger partial charge in [0.15, 0.2) is 5.13 Å². The van der Waals surface area contributed by atoms with Crippen LogP contribution < -0.4 is 11.3 Å². The van der Waals surface area contributed by atoms with E-state index in [-0.39, 0.29) is 0 Å². The van der Waals surface area contributed by atoms with Gasteiger partial charge >= 0.3 is 0 Å². The molecule has 0 bridgehead atoms. The molecule has 2 unspecified atom stereocenters. The summed E-state index contributed by atoms with van der Waals surface area (Å²) in [5.41, 5.74) is 2.61. The number of nitrogens with one attached hydrogen (secondary N) is 1. The minimum absolute atomic E-state index is 0.635. The van der Waals surface area contributed by atoms with Gasteiger partial charge in [-0.2, -0.15) is 0 Å². The summed E-state index contributed by atoms with van der Waals surface area (Å²) in [5.74, 6) is 5.37. The third-order valence-electron chi connectivity index (χ3n) is 4.10. The number of hydrogen-bond donors (Lipinski definition) is 2. The molecule has 2 aliphatic heterocycles. The Morgan fingerprint density at radius 2 is 2.44 bits per heavy atom. The Bertz CT molecular complexity index is 407. The minimum Gasteiger partial charge on any atom is -0.300 e. The first kappa shape index (κ1) is 12.3. The fourth-order valence-electron chi connectivity index (χ4n) is 3.12. The second kappa shape index (κ2) is 5.13. The monoisotopic (exact) mass is 267 g/mol. The molecule has 0 aliphatic carbocycles. The number of nitrogens with zero attached hydrogens (tertiary/aromatic N) is 3. The highest BCUT2D eigenvalue weighted by atomic mass is 32.1. The van der Waals surface area contributed by atoms with E-state index >= 15 is 0 Å². The number of hydrazine groups is 1. The van der Waals surface area contributed by atoms with E-state index in [2.05, 4.69) is 27.1 Å². The Morgan fingerprint density at radius 3 is 3.22 bits per heavy atom. The van der Waals surface area contributed by atoms with E-state index < -0.39 is 0 Å². The molecular weight excluding hydrogens is 246 g/mol. The number of rotatable bonds is 3. The van der Waals surface area contributed by atoms with Crippen LogP contribution in [0.3, 0.4) is 0 Å².